The minimum atomic E-state index is -0.897. The van der Waals surface area contributed by atoms with Crippen LogP contribution in [0.1, 0.15) is 34.8 Å². The highest BCUT2D eigenvalue weighted by Crippen LogP contribution is 2.20. The fourth-order valence-electron chi connectivity index (χ4n) is 2.25. The van der Waals surface area contributed by atoms with Gasteiger partial charge in [0.15, 0.2) is 0 Å². The van der Waals surface area contributed by atoms with E-state index in [1.54, 1.807) is 0 Å². The first-order valence-corrected chi connectivity index (χ1v) is 7.04. The molecule has 2 aromatic carbocycles. The van der Waals surface area contributed by atoms with Crippen LogP contribution in [-0.4, -0.2) is 17.6 Å². The first-order chi connectivity index (χ1) is 10.6. The molecule has 116 valence electrons. The SMILES string of the molecule is O=C(NC(CCCO)c1ccccc1)c1c(F)cccc1F. The zero-order chi connectivity index (χ0) is 15.9. The largest absolute Gasteiger partial charge is 0.396 e. The van der Waals surface area contributed by atoms with Crippen molar-refractivity contribution in [2.45, 2.75) is 18.9 Å². The van der Waals surface area contributed by atoms with Crippen LogP contribution in [0.15, 0.2) is 48.5 Å². The summed E-state index contributed by atoms with van der Waals surface area (Å²) >= 11 is 0. The van der Waals surface area contributed by atoms with Gasteiger partial charge in [-0.05, 0) is 30.5 Å². The molecule has 0 aliphatic rings. The molecule has 22 heavy (non-hydrogen) atoms. The van der Waals surface area contributed by atoms with E-state index in [0.29, 0.717) is 12.8 Å². The molecule has 1 amide bonds. The smallest absolute Gasteiger partial charge is 0.257 e. The maximum Gasteiger partial charge on any atom is 0.257 e. The van der Waals surface area contributed by atoms with E-state index >= 15 is 0 Å². The molecule has 1 unspecified atom stereocenters. The van der Waals surface area contributed by atoms with Crippen LogP contribution in [0.2, 0.25) is 0 Å². The third-order valence-electron chi connectivity index (χ3n) is 3.35. The van der Waals surface area contributed by atoms with Gasteiger partial charge in [-0.3, -0.25) is 4.79 Å². The van der Waals surface area contributed by atoms with Crippen molar-refractivity contribution >= 4 is 5.91 Å². The van der Waals surface area contributed by atoms with Crippen LogP contribution >= 0.6 is 0 Å². The van der Waals surface area contributed by atoms with E-state index in [-0.39, 0.29) is 6.61 Å². The van der Waals surface area contributed by atoms with Gasteiger partial charge in [-0.2, -0.15) is 0 Å². The lowest BCUT2D eigenvalue weighted by Gasteiger charge is -2.19. The Bertz CT molecular complexity index is 612. The second kappa shape index (κ2) is 7.66. The average molecular weight is 305 g/mol. The summed E-state index contributed by atoms with van der Waals surface area (Å²) in [7, 11) is 0. The second-order valence-electron chi connectivity index (χ2n) is 4.90. The summed E-state index contributed by atoms with van der Waals surface area (Å²) in [6.07, 6.45) is 0.946. The molecule has 0 spiro atoms. The quantitative estimate of drug-likeness (QED) is 0.861. The third kappa shape index (κ3) is 3.89. The molecule has 0 saturated carbocycles. The van der Waals surface area contributed by atoms with E-state index in [0.717, 1.165) is 17.7 Å². The fourth-order valence-corrected chi connectivity index (χ4v) is 2.25. The van der Waals surface area contributed by atoms with Crippen LogP contribution in [0.4, 0.5) is 8.78 Å². The van der Waals surface area contributed by atoms with Crippen molar-refractivity contribution in [3.63, 3.8) is 0 Å². The lowest BCUT2D eigenvalue weighted by molar-refractivity contribution is 0.0924. The fraction of sp³-hybridized carbons (Fsp3) is 0.235. The number of amides is 1. The molecule has 2 aromatic rings. The van der Waals surface area contributed by atoms with Gasteiger partial charge < -0.3 is 10.4 Å². The number of hydrogen-bond donors (Lipinski definition) is 2. The molecule has 0 aromatic heterocycles. The monoisotopic (exact) mass is 305 g/mol. The Hall–Kier alpha value is -2.27. The third-order valence-corrected chi connectivity index (χ3v) is 3.35. The summed E-state index contributed by atoms with van der Waals surface area (Å²) in [4.78, 5) is 12.2. The van der Waals surface area contributed by atoms with Crippen LogP contribution in [0, 0.1) is 11.6 Å². The summed E-state index contributed by atoms with van der Waals surface area (Å²) in [5, 5.41) is 11.6. The van der Waals surface area contributed by atoms with Gasteiger partial charge in [0.05, 0.1) is 6.04 Å². The summed E-state index contributed by atoms with van der Waals surface area (Å²) in [5.74, 6) is -2.60. The Morgan fingerprint density at radius 2 is 1.68 bits per heavy atom. The number of aliphatic hydroxyl groups is 1. The molecule has 5 heteroatoms. The van der Waals surface area contributed by atoms with Crippen molar-refractivity contribution in [2.75, 3.05) is 6.61 Å². The first kappa shape index (κ1) is 16.1. The Balaban J connectivity index is 2.21. The highest BCUT2D eigenvalue weighted by atomic mass is 19.1. The van der Waals surface area contributed by atoms with Crippen LogP contribution in [0.25, 0.3) is 0 Å². The zero-order valence-electron chi connectivity index (χ0n) is 11.9. The van der Waals surface area contributed by atoms with Gasteiger partial charge >= 0.3 is 0 Å². The van der Waals surface area contributed by atoms with Crippen LogP contribution in [-0.2, 0) is 0 Å². The number of halogens is 2. The molecule has 3 nitrogen and oxygen atoms in total. The number of carbonyl (C=O) groups is 1. The van der Waals surface area contributed by atoms with Gasteiger partial charge in [0.25, 0.3) is 5.91 Å². The first-order valence-electron chi connectivity index (χ1n) is 7.04. The number of aliphatic hydroxyl groups excluding tert-OH is 1. The predicted octanol–water partition coefficient (Wildman–Crippen LogP) is 3.21. The van der Waals surface area contributed by atoms with Crippen molar-refractivity contribution in [1.29, 1.82) is 0 Å². The van der Waals surface area contributed by atoms with E-state index in [1.807, 2.05) is 30.3 Å². The van der Waals surface area contributed by atoms with Crippen LogP contribution in [0.3, 0.4) is 0 Å². The lowest BCUT2D eigenvalue weighted by atomic mass is 10.0. The molecular formula is C17H17F2NO2. The van der Waals surface area contributed by atoms with Crippen LogP contribution in [0.5, 0.6) is 0 Å². The van der Waals surface area contributed by atoms with Gasteiger partial charge in [-0.1, -0.05) is 36.4 Å². The molecule has 1 atom stereocenters. The predicted molar refractivity (Wildman–Crippen MR) is 79.3 cm³/mol. The Morgan fingerprint density at radius 1 is 1.05 bits per heavy atom. The molecule has 0 bridgehead atoms. The van der Waals surface area contributed by atoms with Gasteiger partial charge in [0, 0.05) is 6.61 Å². The van der Waals surface area contributed by atoms with E-state index in [1.165, 1.54) is 6.07 Å². The topological polar surface area (TPSA) is 49.3 Å². The van der Waals surface area contributed by atoms with Crippen molar-refractivity contribution < 1.29 is 18.7 Å². The van der Waals surface area contributed by atoms with E-state index < -0.39 is 29.1 Å². The standard InChI is InChI=1S/C17H17F2NO2/c18-13-8-4-9-14(19)16(13)17(22)20-15(10-5-11-21)12-6-2-1-3-7-12/h1-4,6-9,15,21H,5,10-11H2,(H,20,22). The van der Waals surface area contributed by atoms with Gasteiger partial charge in [0.1, 0.15) is 17.2 Å². The lowest BCUT2D eigenvalue weighted by Crippen LogP contribution is -2.30. The van der Waals surface area contributed by atoms with E-state index in [9.17, 15) is 13.6 Å². The molecule has 0 saturated heterocycles. The Labute approximate surface area is 127 Å². The number of rotatable bonds is 6. The Kier molecular flexibility index (Phi) is 5.61. The number of carbonyl (C=O) groups excluding carboxylic acids is 1. The normalized spacial score (nSPS) is 12.0. The van der Waals surface area contributed by atoms with Gasteiger partial charge in [-0.15, -0.1) is 0 Å². The zero-order valence-corrected chi connectivity index (χ0v) is 11.9. The molecule has 0 heterocycles. The molecular weight excluding hydrogens is 288 g/mol. The van der Waals surface area contributed by atoms with Crippen LogP contribution < -0.4 is 5.32 Å². The minimum Gasteiger partial charge on any atom is -0.396 e. The van der Waals surface area contributed by atoms with Crippen molar-refractivity contribution in [3.05, 3.63) is 71.3 Å². The summed E-state index contributed by atoms with van der Waals surface area (Å²) in [6, 6.07) is 12.0. The Morgan fingerprint density at radius 3 is 2.27 bits per heavy atom. The highest BCUT2D eigenvalue weighted by molar-refractivity contribution is 5.95. The maximum absolute atomic E-state index is 13.7. The molecule has 0 aliphatic heterocycles. The number of nitrogens with one attached hydrogen (secondary N) is 1. The van der Waals surface area contributed by atoms with E-state index in [2.05, 4.69) is 5.32 Å². The number of benzene rings is 2. The molecule has 2 rings (SSSR count). The van der Waals surface area contributed by atoms with Crippen molar-refractivity contribution in [2.24, 2.45) is 0 Å². The molecule has 2 N–H and O–H groups in total. The second-order valence-corrected chi connectivity index (χ2v) is 4.90. The van der Waals surface area contributed by atoms with Crippen molar-refractivity contribution in [1.82, 2.24) is 5.32 Å². The molecule has 0 fully saturated rings. The van der Waals surface area contributed by atoms with Gasteiger partial charge in [0.2, 0.25) is 0 Å². The summed E-state index contributed by atoms with van der Waals surface area (Å²) < 4.78 is 27.3. The molecule has 0 radical (unpaired) electrons. The highest BCUT2D eigenvalue weighted by Gasteiger charge is 2.21. The van der Waals surface area contributed by atoms with Gasteiger partial charge in [-0.25, -0.2) is 8.78 Å². The summed E-state index contributed by atoms with van der Waals surface area (Å²) in [5.41, 5.74) is 0.230. The summed E-state index contributed by atoms with van der Waals surface area (Å²) in [6.45, 7) is -0.0206. The van der Waals surface area contributed by atoms with Crippen molar-refractivity contribution in [3.8, 4) is 0 Å². The minimum absolute atomic E-state index is 0.0206. The number of hydrogen-bond acceptors (Lipinski definition) is 2. The van der Waals surface area contributed by atoms with E-state index in [4.69, 9.17) is 5.11 Å². The molecule has 0 aliphatic carbocycles. The average Bonchev–Trinajstić information content (AvgIpc) is 2.52. The maximum atomic E-state index is 13.7.